The molecule has 0 bridgehead atoms. The smallest absolute Gasteiger partial charge is 0.229 e. The molecule has 1 aromatic carbocycles. The van der Waals surface area contributed by atoms with Gasteiger partial charge in [-0.25, -0.2) is 4.98 Å². The summed E-state index contributed by atoms with van der Waals surface area (Å²) in [6.07, 6.45) is 5.43. The summed E-state index contributed by atoms with van der Waals surface area (Å²) in [5.74, 6) is 0.338. The zero-order valence-corrected chi connectivity index (χ0v) is 11.9. The molecular formula is C15H18N2OS. The van der Waals surface area contributed by atoms with Crippen molar-refractivity contribution in [3.05, 3.63) is 23.8 Å². The van der Waals surface area contributed by atoms with Gasteiger partial charge in [-0.1, -0.05) is 37.2 Å². The number of carbonyl (C=O) groups excluding carboxylic acids is 1. The minimum atomic E-state index is 0.146. The highest BCUT2D eigenvalue weighted by atomic mass is 32.1. The summed E-state index contributed by atoms with van der Waals surface area (Å²) in [5, 5.41) is 3.72. The van der Waals surface area contributed by atoms with Crippen LogP contribution in [0.5, 0.6) is 0 Å². The molecule has 0 unspecified atom stereocenters. The van der Waals surface area contributed by atoms with Crippen molar-refractivity contribution >= 4 is 32.6 Å². The average molecular weight is 274 g/mol. The number of anilines is 1. The molecule has 1 aromatic heterocycles. The molecule has 1 heterocycles. The number of aryl methyl sites for hydroxylation is 1. The van der Waals surface area contributed by atoms with Gasteiger partial charge in [0.15, 0.2) is 5.13 Å². The van der Waals surface area contributed by atoms with Crippen molar-refractivity contribution < 1.29 is 4.79 Å². The lowest BCUT2D eigenvalue weighted by atomic mass is 10.1. The lowest BCUT2D eigenvalue weighted by Crippen LogP contribution is -2.19. The number of rotatable bonds is 3. The third-order valence-electron chi connectivity index (χ3n) is 3.82. The van der Waals surface area contributed by atoms with Crippen molar-refractivity contribution in [2.24, 2.45) is 5.92 Å². The van der Waals surface area contributed by atoms with E-state index in [0.717, 1.165) is 34.6 Å². The van der Waals surface area contributed by atoms with E-state index in [2.05, 4.69) is 29.4 Å². The summed E-state index contributed by atoms with van der Waals surface area (Å²) in [5.41, 5.74) is 2.29. The van der Waals surface area contributed by atoms with Crippen molar-refractivity contribution in [1.82, 2.24) is 4.98 Å². The molecule has 0 atom stereocenters. The summed E-state index contributed by atoms with van der Waals surface area (Å²) >= 11 is 1.57. The van der Waals surface area contributed by atoms with Crippen LogP contribution >= 0.6 is 11.3 Å². The van der Waals surface area contributed by atoms with Gasteiger partial charge in [-0.3, -0.25) is 4.79 Å². The van der Waals surface area contributed by atoms with Gasteiger partial charge in [0, 0.05) is 5.92 Å². The van der Waals surface area contributed by atoms with Crippen LogP contribution in [0.15, 0.2) is 18.2 Å². The number of nitrogens with zero attached hydrogens (tertiary/aromatic N) is 1. The van der Waals surface area contributed by atoms with Gasteiger partial charge < -0.3 is 5.32 Å². The molecule has 4 heteroatoms. The number of thiazole rings is 1. The predicted octanol–water partition coefficient (Wildman–Crippen LogP) is 3.99. The van der Waals surface area contributed by atoms with E-state index in [1.807, 2.05) is 6.07 Å². The van der Waals surface area contributed by atoms with Gasteiger partial charge in [-0.15, -0.1) is 0 Å². The molecule has 1 amide bonds. The molecule has 1 saturated carbocycles. The Morgan fingerprint density at radius 3 is 2.95 bits per heavy atom. The Hall–Kier alpha value is -1.42. The molecule has 1 fully saturated rings. The third-order valence-corrected chi connectivity index (χ3v) is 4.75. The van der Waals surface area contributed by atoms with Crippen molar-refractivity contribution in [2.75, 3.05) is 5.32 Å². The van der Waals surface area contributed by atoms with Gasteiger partial charge in [0.2, 0.25) is 5.91 Å². The number of benzene rings is 1. The first-order chi connectivity index (χ1) is 9.26. The molecule has 3 rings (SSSR count). The largest absolute Gasteiger partial charge is 0.302 e. The molecule has 0 spiro atoms. The maximum atomic E-state index is 12.1. The second-order valence-corrected chi connectivity index (χ2v) is 6.18. The van der Waals surface area contributed by atoms with Crippen LogP contribution in [0.1, 0.15) is 38.2 Å². The number of amides is 1. The topological polar surface area (TPSA) is 42.0 Å². The van der Waals surface area contributed by atoms with E-state index in [0.29, 0.717) is 0 Å². The molecule has 1 aliphatic rings. The quantitative estimate of drug-likeness (QED) is 0.919. The zero-order chi connectivity index (χ0) is 13.2. The summed E-state index contributed by atoms with van der Waals surface area (Å²) in [7, 11) is 0. The minimum Gasteiger partial charge on any atom is -0.302 e. The van der Waals surface area contributed by atoms with Gasteiger partial charge in [-0.05, 0) is 37.0 Å². The fourth-order valence-corrected chi connectivity index (χ4v) is 3.57. The van der Waals surface area contributed by atoms with Crippen LogP contribution in [-0.2, 0) is 11.2 Å². The van der Waals surface area contributed by atoms with E-state index in [4.69, 9.17) is 0 Å². The molecule has 2 aromatic rings. The number of carbonyl (C=O) groups is 1. The van der Waals surface area contributed by atoms with Crippen LogP contribution in [0.4, 0.5) is 5.13 Å². The van der Waals surface area contributed by atoms with Crippen molar-refractivity contribution in [1.29, 1.82) is 0 Å². The highest BCUT2D eigenvalue weighted by Gasteiger charge is 2.23. The summed E-state index contributed by atoms with van der Waals surface area (Å²) in [6, 6.07) is 6.30. The highest BCUT2D eigenvalue weighted by molar-refractivity contribution is 7.22. The molecule has 0 radical (unpaired) electrons. The molecule has 0 aliphatic heterocycles. The first-order valence-electron chi connectivity index (χ1n) is 6.96. The van der Waals surface area contributed by atoms with E-state index in [1.165, 1.54) is 18.4 Å². The summed E-state index contributed by atoms with van der Waals surface area (Å²) < 4.78 is 1.15. The molecule has 19 heavy (non-hydrogen) atoms. The monoisotopic (exact) mass is 274 g/mol. The molecular weight excluding hydrogens is 256 g/mol. The number of aromatic nitrogens is 1. The number of nitrogens with one attached hydrogen (secondary N) is 1. The Bertz CT molecular complexity index is 599. The Labute approximate surface area is 117 Å². The SMILES string of the molecule is CCc1ccc2nc(NC(=O)C3CCCC3)sc2c1. The highest BCUT2D eigenvalue weighted by Crippen LogP contribution is 2.30. The third kappa shape index (κ3) is 2.63. The number of hydrogen-bond donors (Lipinski definition) is 1. The number of hydrogen-bond acceptors (Lipinski definition) is 3. The standard InChI is InChI=1S/C15H18N2OS/c1-2-10-7-8-12-13(9-10)19-15(16-12)17-14(18)11-5-3-4-6-11/h7-9,11H,2-6H2,1H3,(H,16,17,18). The van der Waals surface area contributed by atoms with E-state index in [9.17, 15) is 4.79 Å². The molecule has 1 N–H and O–H groups in total. The van der Waals surface area contributed by atoms with E-state index < -0.39 is 0 Å². The fourth-order valence-electron chi connectivity index (χ4n) is 2.64. The Morgan fingerprint density at radius 1 is 1.42 bits per heavy atom. The number of fused-ring (bicyclic) bond motifs is 1. The van der Waals surface area contributed by atoms with Crippen molar-refractivity contribution in [2.45, 2.75) is 39.0 Å². The molecule has 100 valence electrons. The van der Waals surface area contributed by atoms with Gasteiger partial charge >= 0.3 is 0 Å². The lowest BCUT2D eigenvalue weighted by Gasteiger charge is -2.06. The van der Waals surface area contributed by atoms with Crippen molar-refractivity contribution in [3.8, 4) is 0 Å². The summed E-state index contributed by atoms with van der Waals surface area (Å²) in [4.78, 5) is 16.6. The van der Waals surface area contributed by atoms with E-state index in [-0.39, 0.29) is 11.8 Å². The van der Waals surface area contributed by atoms with E-state index in [1.54, 1.807) is 11.3 Å². The van der Waals surface area contributed by atoms with Gasteiger partial charge in [0.05, 0.1) is 10.2 Å². The molecule has 3 nitrogen and oxygen atoms in total. The fraction of sp³-hybridized carbons (Fsp3) is 0.467. The van der Waals surface area contributed by atoms with Crippen LogP contribution < -0.4 is 5.32 Å². The second kappa shape index (κ2) is 5.29. The molecule has 0 saturated heterocycles. The Kier molecular flexibility index (Phi) is 3.51. The van der Waals surface area contributed by atoms with Crippen LogP contribution in [0.25, 0.3) is 10.2 Å². The molecule has 1 aliphatic carbocycles. The van der Waals surface area contributed by atoms with Gasteiger partial charge in [-0.2, -0.15) is 0 Å². The van der Waals surface area contributed by atoms with E-state index >= 15 is 0 Å². The predicted molar refractivity (Wildman–Crippen MR) is 79.6 cm³/mol. The minimum absolute atomic E-state index is 0.146. The average Bonchev–Trinajstić information content (AvgIpc) is 3.06. The van der Waals surface area contributed by atoms with Crippen molar-refractivity contribution in [3.63, 3.8) is 0 Å². The first kappa shape index (κ1) is 12.6. The maximum Gasteiger partial charge on any atom is 0.229 e. The normalized spacial score (nSPS) is 16.1. The first-order valence-corrected chi connectivity index (χ1v) is 7.78. The van der Waals surface area contributed by atoms with Gasteiger partial charge in [0.25, 0.3) is 0 Å². The summed E-state index contributed by atoms with van der Waals surface area (Å²) in [6.45, 7) is 2.14. The zero-order valence-electron chi connectivity index (χ0n) is 11.1. The maximum absolute atomic E-state index is 12.1. The Balaban J connectivity index is 1.79. The van der Waals surface area contributed by atoms with Crippen LogP contribution in [-0.4, -0.2) is 10.9 Å². The van der Waals surface area contributed by atoms with Crippen LogP contribution in [0.3, 0.4) is 0 Å². The van der Waals surface area contributed by atoms with Gasteiger partial charge in [0.1, 0.15) is 0 Å². The van der Waals surface area contributed by atoms with Crippen LogP contribution in [0.2, 0.25) is 0 Å². The van der Waals surface area contributed by atoms with Crippen LogP contribution in [0, 0.1) is 5.92 Å². The Morgan fingerprint density at radius 2 is 2.21 bits per heavy atom. The lowest BCUT2D eigenvalue weighted by molar-refractivity contribution is -0.119. The second-order valence-electron chi connectivity index (χ2n) is 5.15.